The highest BCUT2D eigenvalue weighted by atomic mass is 79.9. The second kappa shape index (κ2) is 9.02. The van der Waals surface area contributed by atoms with Gasteiger partial charge in [0, 0.05) is 41.3 Å². The smallest absolute Gasteiger partial charge is 0.244 e. The molecule has 1 saturated heterocycles. The Labute approximate surface area is 164 Å². The van der Waals surface area contributed by atoms with E-state index >= 15 is 0 Å². The third-order valence-corrected chi connectivity index (χ3v) is 5.07. The first kappa shape index (κ1) is 20.9. The van der Waals surface area contributed by atoms with E-state index in [1.54, 1.807) is 19.3 Å². The van der Waals surface area contributed by atoms with Crippen molar-refractivity contribution in [2.75, 3.05) is 26.7 Å². The summed E-state index contributed by atoms with van der Waals surface area (Å²) in [6.07, 6.45) is 3.73. The van der Waals surface area contributed by atoms with Gasteiger partial charge in [-0.3, -0.25) is 9.69 Å². The zero-order valence-electron chi connectivity index (χ0n) is 16.2. The lowest BCUT2D eigenvalue weighted by Crippen LogP contribution is -2.58. The van der Waals surface area contributed by atoms with Gasteiger partial charge in [-0.15, -0.1) is 0 Å². The maximum Gasteiger partial charge on any atom is 0.244 e. The van der Waals surface area contributed by atoms with Gasteiger partial charge in [0.1, 0.15) is 5.75 Å². The van der Waals surface area contributed by atoms with E-state index in [2.05, 4.69) is 53.8 Å². The predicted octanol–water partition coefficient (Wildman–Crippen LogP) is 3.47. The first-order valence-electron chi connectivity index (χ1n) is 8.91. The molecule has 1 aromatic rings. The Morgan fingerprint density at radius 1 is 1.38 bits per heavy atom. The molecule has 0 aliphatic carbocycles. The molecule has 0 spiro atoms. The van der Waals surface area contributed by atoms with Gasteiger partial charge in [-0.1, -0.05) is 15.9 Å². The number of halogens is 1. The molecule has 1 N–H and O–H groups in total. The number of nitrogens with zero attached hydrogens (tertiary/aromatic N) is 1. The van der Waals surface area contributed by atoms with E-state index in [4.69, 9.17) is 9.47 Å². The van der Waals surface area contributed by atoms with Gasteiger partial charge in [-0.05, 0) is 52.0 Å². The van der Waals surface area contributed by atoms with Crippen LogP contribution in [-0.4, -0.2) is 55.3 Å². The number of nitrogens with one attached hydrogen (secondary N) is 1. The predicted molar refractivity (Wildman–Crippen MR) is 108 cm³/mol. The molecule has 144 valence electrons. The molecule has 6 heteroatoms. The molecule has 2 unspecified atom stereocenters. The first-order valence-corrected chi connectivity index (χ1v) is 9.70. The molecule has 2 atom stereocenters. The standard InChI is InChI=1S/C20H29BrN2O3/c1-14-11-23(12-15(2)26-14)20(3,4)13-22-19(24)9-6-16-10-17(21)7-8-18(16)25-5/h6-10,14-15H,11-13H2,1-5H3,(H,22,24)/b9-6+. The van der Waals surface area contributed by atoms with Crippen LogP contribution in [0.1, 0.15) is 33.3 Å². The van der Waals surface area contributed by atoms with Crippen LogP contribution < -0.4 is 10.1 Å². The molecule has 5 nitrogen and oxygen atoms in total. The monoisotopic (exact) mass is 424 g/mol. The summed E-state index contributed by atoms with van der Waals surface area (Å²) >= 11 is 3.44. The largest absolute Gasteiger partial charge is 0.496 e. The van der Waals surface area contributed by atoms with Crippen LogP contribution in [0.3, 0.4) is 0 Å². The molecule has 1 aromatic carbocycles. The maximum absolute atomic E-state index is 12.3. The van der Waals surface area contributed by atoms with Gasteiger partial charge < -0.3 is 14.8 Å². The Hall–Kier alpha value is -1.37. The topological polar surface area (TPSA) is 50.8 Å². The second-order valence-electron chi connectivity index (χ2n) is 7.41. The molecule has 26 heavy (non-hydrogen) atoms. The lowest BCUT2D eigenvalue weighted by Gasteiger charge is -2.45. The van der Waals surface area contributed by atoms with Crippen molar-refractivity contribution >= 4 is 27.9 Å². The number of hydrogen-bond donors (Lipinski definition) is 1. The van der Waals surface area contributed by atoms with E-state index in [9.17, 15) is 4.79 Å². The number of ether oxygens (including phenoxy) is 2. The van der Waals surface area contributed by atoms with Gasteiger partial charge >= 0.3 is 0 Å². The summed E-state index contributed by atoms with van der Waals surface area (Å²) in [5, 5.41) is 3.01. The highest BCUT2D eigenvalue weighted by molar-refractivity contribution is 9.10. The SMILES string of the molecule is COc1ccc(Br)cc1/C=C/C(=O)NCC(C)(C)N1CC(C)OC(C)C1. The number of benzene rings is 1. The van der Waals surface area contributed by atoms with E-state index < -0.39 is 0 Å². The molecule has 0 radical (unpaired) electrons. The molecule has 0 aromatic heterocycles. The van der Waals surface area contributed by atoms with Gasteiger partial charge in [0.05, 0.1) is 19.3 Å². The van der Waals surface area contributed by atoms with Crippen LogP contribution in [0.15, 0.2) is 28.7 Å². The molecule has 2 rings (SSSR count). The quantitative estimate of drug-likeness (QED) is 0.710. The van der Waals surface area contributed by atoms with Crippen molar-refractivity contribution in [3.63, 3.8) is 0 Å². The third kappa shape index (κ3) is 5.83. The molecular weight excluding hydrogens is 396 g/mol. The minimum Gasteiger partial charge on any atom is -0.496 e. The summed E-state index contributed by atoms with van der Waals surface area (Å²) in [5.41, 5.74) is 0.718. The van der Waals surface area contributed by atoms with E-state index in [-0.39, 0.29) is 23.7 Å². The Kier molecular flexibility index (Phi) is 7.26. The van der Waals surface area contributed by atoms with E-state index in [1.165, 1.54) is 0 Å². The summed E-state index contributed by atoms with van der Waals surface area (Å²) in [6.45, 7) is 10.8. The number of methoxy groups -OCH3 is 1. The normalized spacial score (nSPS) is 21.8. The fraction of sp³-hybridized carbons (Fsp3) is 0.550. The fourth-order valence-electron chi connectivity index (χ4n) is 3.15. The Morgan fingerprint density at radius 3 is 2.65 bits per heavy atom. The molecular formula is C20H29BrN2O3. The molecule has 1 amide bonds. The first-order chi connectivity index (χ1) is 12.2. The molecule has 1 aliphatic rings. The van der Waals surface area contributed by atoms with Crippen LogP contribution >= 0.6 is 15.9 Å². The fourth-order valence-corrected chi connectivity index (χ4v) is 3.53. The van der Waals surface area contributed by atoms with Gasteiger partial charge in [0.15, 0.2) is 0 Å². The summed E-state index contributed by atoms with van der Waals surface area (Å²) in [5.74, 6) is 0.614. The number of hydrogen-bond acceptors (Lipinski definition) is 4. The van der Waals surface area contributed by atoms with Crippen LogP contribution in [0.5, 0.6) is 5.75 Å². The molecule has 0 saturated carbocycles. The van der Waals surface area contributed by atoms with Crippen LogP contribution in [0.2, 0.25) is 0 Å². The summed E-state index contributed by atoms with van der Waals surface area (Å²) < 4.78 is 12.1. The van der Waals surface area contributed by atoms with Crippen LogP contribution in [0, 0.1) is 0 Å². The highest BCUT2D eigenvalue weighted by Gasteiger charge is 2.33. The van der Waals surface area contributed by atoms with Crippen molar-refractivity contribution in [1.82, 2.24) is 10.2 Å². The number of carbonyl (C=O) groups excluding carboxylic acids is 1. The summed E-state index contributed by atoms with van der Waals surface area (Å²) in [4.78, 5) is 14.6. The number of morpholine rings is 1. The number of amides is 1. The van der Waals surface area contributed by atoms with Crippen molar-refractivity contribution in [2.24, 2.45) is 0 Å². The second-order valence-corrected chi connectivity index (χ2v) is 8.33. The Morgan fingerprint density at radius 2 is 2.04 bits per heavy atom. The van der Waals surface area contributed by atoms with Crippen LogP contribution in [-0.2, 0) is 9.53 Å². The minimum atomic E-state index is -0.136. The van der Waals surface area contributed by atoms with Crippen LogP contribution in [0.25, 0.3) is 6.08 Å². The van der Waals surface area contributed by atoms with Crippen molar-refractivity contribution < 1.29 is 14.3 Å². The van der Waals surface area contributed by atoms with Gasteiger partial charge in [0.25, 0.3) is 0 Å². The Bertz CT molecular complexity index is 650. The average molecular weight is 425 g/mol. The lowest BCUT2D eigenvalue weighted by atomic mass is 10.00. The Balaban J connectivity index is 1.94. The zero-order chi connectivity index (χ0) is 19.3. The molecule has 1 fully saturated rings. The minimum absolute atomic E-state index is 0.116. The lowest BCUT2D eigenvalue weighted by molar-refractivity contribution is -0.118. The van der Waals surface area contributed by atoms with Crippen LogP contribution in [0.4, 0.5) is 0 Å². The maximum atomic E-state index is 12.3. The summed E-state index contributed by atoms with van der Waals surface area (Å²) in [6, 6.07) is 5.69. The van der Waals surface area contributed by atoms with Gasteiger partial charge in [0.2, 0.25) is 5.91 Å². The van der Waals surface area contributed by atoms with Crippen molar-refractivity contribution in [1.29, 1.82) is 0 Å². The molecule has 0 bridgehead atoms. The zero-order valence-corrected chi connectivity index (χ0v) is 17.8. The number of rotatable bonds is 6. The highest BCUT2D eigenvalue weighted by Crippen LogP contribution is 2.24. The van der Waals surface area contributed by atoms with E-state index in [0.29, 0.717) is 6.54 Å². The van der Waals surface area contributed by atoms with Crippen molar-refractivity contribution in [2.45, 2.75) is 45.4 Å². The van der Waals surface area contributed by atoms with Gasteiger partial charge in [-0.25, -0.2) is 0 Å². The van der Waals surface area contributed by atoms with Crippen molar-refractivity contribution in [3.05, 3.63) is 34.3 Å². The van der Waals surface area contributed by atoms with Crippen molar-refractivity contribution in [3.8, 4) is 5.75 Å². The van der Waals surface area contributed by atoms with E-state index in [1.807, 2.05) is 18.2 Å². The third-order valence-electron chi connectivity index (χ3n) is 4.58. The molecule has 1 aliphatic heterocycles. The van der Waals surface area contributed by atoms with E-state index in [0.717, 1.165) is 28.9 Å². The average Bonchev–Trinajstić information content (AvgIpc) is 2.57. The van der Waals surface area contributed by atoms with Gasteiger partial charge in [-0.2, -0.15) is 0 Å². The summed E-state index contributed by atoms with van der Waals surface area (Å²) in [7, 11) is 1.62. The number of carbonyl (C=O) groups is 1. The molecule has 1 heterocycles.